The zero-order valence-electron chi connectivity index (χ0n) is 8.00. The van der Waals surface area contributed by atoms with Gasteiger partial charge in [0.05, 0.1) is 24.1 Å². The largest absolute Gasteiger partial charge is 0.500 e. The summed E-state index contributed by atoms with van der Waals surface area (Å²) in [7, 11) is 0. The molecule has 1 amide bonds. The second-order valence-electron chi connectivity index (χ2n) is 3.20. The number of ether oxygens (including phenoxy) is 1. The third kappa shape index (κ3) is 2.15. The molecular weight excluding hydrogens is 197 g/mol. The van der Waals surface area contributed by atoms with Gasteiger partial charge in [-0.3, -0.25) is 4.79 Å². The molecule has 1 N–H and O–H groups in total. The molecule has 15 heavy (non-hydrogen) atoms. The van der Waals surface area contributed by atoms with Crippen molar-refractivity contribution >= 4 is 11.6 Å². The van der Waals surface area contributed by atoms with Gasteiger partial charge in [0.25, 0.3) is 5.91 Å². The Hall–Kier alpha value is -1.84. The number of hydrogen-bond acceptors (Lipinski definition) is 2. The Morgan fingerprint density at radius 2 is 2.20 bits per heavy atom. The van der Waals surface area contributed by atoms with Crippen LogP contribution >= 0.6 is 0 Å². The predicted octanol–water partition coefficient (Wildman–Crippen LogP) is 2.07. The Balaban J connectivity index is 2.09. The second-order valence-corrected chi connectivity index (χ2v) is 3.20. The fraction of sp³-hybridized carbons (Fsp3) is 0.182. The molecule has 0 bridgehead atoms. The topological polar surface area (TPSA) is 38.3 Å². The molecule has 3 nitrogen and oxygen atoms in total. The van der Waals surface area contributed by atoms with Crippen LogP contribution in [0.5, 0.6) is 0 Å². The number of carbonyl (C=O) groups is 1. The number of nitrogens with one attached hydrogen (secondary N) is 1. The van der Waals surface area contributed by atoms with E-state index in [0.29, 0.717) is 18.6 Å². The molecule has 0 atom stereocenters. The summed E-state index contributed by atoms with van der Waals surface area (Å²) < 4.78 is 18.1. The first-order chi connectivity index (χ1) is 7.27. The molecular formula is C11H10FNO2. The van der Waals surface area contributed by atoms with E-state index in [9.17, 15) is 9.18 Å². The highest BCUT2D eigenvalue weighted by Gasteiger charge is 2.15. The second kappa shape index (κ2) is 4.13. The minimum absolute atomic E-state index is 0.190. The molecule has 2 rings (SSSR count). The van der Waals surface area contributed by atoms with Crippen molar-refractivity contribution in [3.05, 3.63) is 41.9 Å². The van der Waals surface area contributed by atoms with Gasteiger partial charge in [-0.2, -0.15) is 0 Å². The maximum Gasteiger partial charge on any atom is 0.254 e. The highest BCUT2D eigenvalue weighted by Crippen LogP contribution is 2.16. The summed E-state index contributed by atoms with van der Waals surface area (Å²) in [6, 6.07) is 6.06. The Labute approximate surface area is 86.6 Å². The molecule has 78 valence electrons. The molecule has 0 fully saturated rings. The Morgan fingerprint density at radius 1 is 1.40 bits per heavy atom. The van der Waals surface area contributed by atoms with E-state index >= 15 is 0 Å². The highest BCUT2D eigenvalue weighted by molar-refractivity contribution is 6.03. The van der Waals surface area contributed by atoms with E-state index in [-0.39, 0.29) is 11.6 Å². The van der Waals surface area contributed by atoms with Crippen molar-refractivity contribution in [2.24, 2.45) is 0 Å². The summed E-state index contributed by atoms with van der Waals surface area (Å²) in [5.41, 5.74) is 0.730. The normalized spacial score (nSPS) is 14.3. The van der Waals surface area contributed by atoms with Gasteiger partial charge >= 0.3 is 0 Å². The van der Waals surface area contributed by atoms with Gasteiger partial charge < -0.3 is 10.1 Å². The van der Waals surface area contributed by atoms with E-state index < -0.39 is 5.82 Å². The van der Waals surface area contributed by atoms with Crippen LogP contribution in [0.2, 0.25) is 0 Å². The maximum absolute atomic E-state index is 13.2. The van der Waals surface area contributed by atoms with Crippen molar-refractivity contribution in [1.82, 2.24) is 0 Å². The molecule has 1 aliphatic heterocycles. The van der Waals surface area contributed by atoms with E-state index in [2.05, 4.69) is 5.32 Å². The van der Waals surface area contributed by atoms with E-state index in [1.54, 1.807) is 12.1 Å². The lowest BCUT2D eigenvalue weighted by atomic mass is 10.2. The van der Waals surface area contributed by atoms with E-state index in [0.717, 1.165) is 0 Å². The molecule has 0 aromatic heterocycles. The van der Waals surface area contributed by atoms with E-state index in [1.165, 1.54) is 18.4 Å². The standard InChI is InChI=1S/C11H10FNO2/c12-9-3-1-2-4-10(9)13-11(14)8-5-6-15-7-8/h1-4,7H,5-6H2,(H,13,14). The molecule has 0 saturated carbocycles. The number of benzene rings is 1. The molecule has 0 unspecified atom stereocenters. The van der Waals surface area contributed by atoms with Gasteiger partial charge in [-0.25, -0.2) is 4.39 Å². The van der Waals surface area contributed by atoms with E-state index in [4.69, 9.17) is 4.74 Å². The van der Waals surface area contributed by atoms with Crippen LogP contribution in [0.4, 0.5) is 10.1 Å². The highest BCUT2D eigenvalue weighted by atomic mass is 19.1. The van der Waals surface area contributed by atoms with Crippen LogP contribution in [-0.2, 0) is 9.53 Å². The summed E-state index contributed by atoms with van der Waals surface area (Å²) in [5, 5.41) is 2.49. The Bertz CT molecular complexity index is 415. The molecule has 0 spiro atoms. The Morgan fingerprint density at radius 3 is 2.87 bits per heavy atom. The molecule has 1 aromatic rings. The van der Waals surface area contributed by atoms with Crippen LogP contribution in [0.25, 0.3) is 0 Å². The van der Waals surface area contributed by atoms with Crippen molar-refractivity contribution in [1.29, 1.82) is 0 Å². The fourth-order valence-electron chi connectivity index (χ4n) is 1.32. The number of para-hydroxylation sites is 1. The number of hydrogen-bond donors (Lipinski definition) is 1. The number of amides is 1. The summed E-state index contributed by atoms with van der Waals surface area (Å²) in [4.78, 5) is 11.5. The van der Waals surface area contributed by atoms with Crippen LogP contribution in [0, 0.1) is 5.82 Å². The number of carbonyl (C=O) groups excluding carboxylic acids is 1. The zero-order valence-corrected chi connectivity index (χ0v) is 8.00. The van der Waals surface area contributed by atoms with Gasteiger partial charge in [0.15, 0.2) is 0 Å². The predicted molar refractivity (Wildman–Crippen MR) is 53.7 cm³/mol. The molecule has 1 aromatic carbocycles. The number of halogens is 1. The third-order valence-electron chi connectivity index (χ3n) is 2.13. The molecule has 0 saturated heterocycles. The first-order valence-corrected chi connectivity index (χ1v) is 4.64. The van der Waals surface area contributed by atoms with Crippen molar-refractivity contribution in [3.63, 3.8) is 0 Å². The number of anilines is 1. The van der Waals surface area contributed by atoms with Crippen molar-refractivity contribution in [2.75, 3.05) is 11.9 Å². The first kappa shape index (κ1) is 9.71. The van der Waals surface area contributed by atoms with E-state index in [1.807, 2.05) is 0 Å². The quantitative estimate of drug-likeness (QED) is 0.806. The fourth-order valence-corrected chi connectivity index (χ4v) is 1.32. The van der Waals surface area contributed by atoms with Crippen molar-refractivity contribution in [2.45, 2.75) is 6.42 Å². The molecule has 1 aliphatic rings. The average Bonchev–Trinajstić information content (AvgIpc) is 2.74. The minimum Gasteiger partial charge on any atom is -0.500 e. The van der Waals surface area contributed by atoms with Crippen LogP contribution in [0.1, 0.15) is 6.42 Å². The summed E-state index contributed by atoms with van der Waals surface area (Å²) in [5.74, 6) is -0.747. The third-order valence-corrected chi connectivity index (χ3v) is 2.13. The molecule has 0 radical (unpaired) electrons. The smallest absolute Gasteiger partial charge is 0.254 e. The number of rotatable bonds is 2. The van der Waals surface area contributed by atoms with Crippen molar-refractivity contribution in [3.8, 4) is 0 Å². The van der Waals surface area contributed by atoms with Crippen LogP contribution in [-0.4, -0.2) is 12.5 Å². The maximum atomic E-state index is 13.2. The summed E-state index contributed by atoms with van der Waals surface area (Å²) in [6.45, 7) is 0.514. The lowest BCUT2D eigenvalue weighted by Gasteiger charge is -2.05. The van der Waals surface area contributed by atoms with Crippen molar-refractivity contribution < 1.29 is 13.9 Å². The summed E-state index contributed by atoms with van der Waals surface area (Å²) in [6.07, 6.45) is 1.98. The van der Waals surface area contributed by atoms with Gasteiger partial charge in [-0.05, 0) is 12.1 Å². The lowest BCUT2D eigenvalue weighted by molar-refractivity contribution is -0.112. The van der Waals surface area contributed by atoms with Gasteiger partial charge in [0, 0.05) is 6.42 Å². The Kier molecular flexibility index (Phi) is 2.67. The van der Waals surface area contributed by atoms with Gasteiger partial charge in [0.2, 0.25) is 0 Å². The molecule has 0 aliphatic carbocycles. The van der Waals surface area contributed by atoms with Crippen LogP contribution in [0.3, 0.4) is 0 Å². The molecule has 1 heterocycles. The van der Waals surface area contributed by atoms with Crippen LogP contribution < -0.4 is 5.32 Å². The molecule has 4 heteroatoms. The zero-order chi connectivity index (χ0) is 10.7. The van der Waals surface area contributed by atoms with Gasteiger partial charge in [0.1, 0.15) is 5.82 Å². The van der Waals surface area contributed by atoms with Gasteiger partial charge in [-0.15, -0.1) is 0 Å². The summed E-state index contributed by atoms with van der Waals surface area (Å²) >= 11 is 0. The monoisotopic (exact) mass is 207 g/mol. The average molecular weight is 207 g/mol. The lowest BCUT2D eigenvalue weighted by Crippen LogP contribution is -2.14. The SMILES string of the molecule is O=C(Nc1ccccc1F)C1=COCC1. The minimum atomic E-state index is -0.439. The van der Waals surface area contributed by atoms with Gasteiger partial charge in [-0.1, -0.05) is 12.1 Å². The van der Waals surface area contributed by atoms with Crippen LogP contribution in [0.15, 0.2) is 36.1 Å². The first-order valence-electron chi connectivity index (χ1n) is 4.64.